The Balaban J connectivity index is 1.59. The summed E-state index contributed by atoms with van der Waals surface area (Å²) >= 11 is 6.41. The fraction of sp³-hybridized carbons (Fsp3) is 0.409. The van der Waals surface area contributed by atoms with Crippen molar-refractivity contribution in [2.75, 3.05) is 19.0 Å². The molecular formula is C22H27ClN2O3. The lowest BCUT2D eigenvalue weighted by Crippen LogP contribution is -2.25. The molecule has 2 N–H and O–H groups in total. The van der Waals surface area contributed by atoms with E-state index >= 15 is 0 Å². The van der Waals surface area contributed by atoms with E-state index in [1.54, 1.807) is 7.11 Å². The van der Waals surface area contributed by atoms with E-state index in [1.165, 1.54) is 25.7 Å². The molecule has 0 aliphatic heterocycles. The third-order valence-corrected chi connectivity index (χ3v) is 5.20. The summed E-state index contributed by atoms with van der Waals surface area (Å²) in [5.74, 6) is 0.653. The maximum atomic E-state index is 12.2. The monoisotopic (exact) mass is 402 g/mol. The van der Waals surface area contributed by atoms with Crippen LogP contribution in [0.4, 0.5) is 5.69 Å². The Bertz CT molecular complexity index is 802. The van der Waals surface area contributed by atoms with Crippen molar-refractivity contribution >= 4 is 23.2 Å². The van der Waals surface area contributed by atoms with Gasteiger partial charge in [0.15, 0.2) is 18.1 Å². The number of aryl methyl sites for hydroxylation is 1. The first-order valence-corrected chi connectivity index (χ1v) is 10.0. The average molecular weight is 403 g/mol. The lowest BCUT2D eigenvalue weighted by molar-refractivity contribution is -0.118. The number of amides is 1. The molecule has 0 aromatic heterocycles. The van der Waals surface area contributed by atoms with Crippen LogP contribution in [0.3, 0.4) is 0 Å². The van der Waals surface area contributed by atoms with Crippen molar-refractivity contribution in [2.45, 2.75) is 45.2 Å². The van der Waals surface area contributed by atoms with Crippen LogP contribution in [-0.2, 0) is 11.3 Å². The summed E-state index contributed by atoms with van der Waals surface area (Å²) in [6.07, 6.45) is 5.03. The van der Waals surface area contributed by atoms with Gasteiger partial charge in [-0.05, 0) is 49.6 Å². The minimum atomic E-state index is -0.256. The fourth-order valence-electron chi connectivity index (χ4n) is 3.38. The Morgan fingerprint density at radius 2 is 1.89 bits per heavy atom. The summed E-state index contributed by atoms with van der Waals surface area (Å²) < 4.78 is 11.1. The molecular weight excluding hydrogens is 376 g/mol. The third-order valence-electron chi connectivity index (χ3n) is 4.92. The largest absolute Gasteiger partial charge is 0.493 e. The van der Waals surface area contributed by atoms with Crippen molar-refractivity contribution in [3.05, 3.63) is 52.5 Å². The first kappa shape index (κ1) is 20.5. The predicted octanol–water partition coefficient (Wildman–Crippen LogP) is 4.71. The molecule has 0 heterocycles. The van der Waals surface area contributed by atoms with Gasteiger partial charge in [-0.15, -0.1) is 0 Å². The number of ether oxygens (including phenoxy) is 2. The first-order chi connectivity index (χ1) is 13.5. The van der Waals surface area contributed by atoms with E-state index in [1.807, 2.05) is 43.3 Å². The first-order valence-electron chi connectivity index (χ1n) is 9.64. The van der Waals surface area contributed by atoms with Crippen LogP contribution in [-0.4, -0.2) is 25.7 Å². The topological polar surface area (TPSA) is 59.6 Å². The van der Waals surface area contributed by atoms with Crippen LogP contribution in [0.1, 0.15) is 36.8 Å². The van der Waals surface area contributed by atoms with Gasteiger partial charge in [0.05, 0.1) is 12.1 Å². The summed E-state index contributed by atoms with van der Waals surface area (Å²) in [4.78, 5) is 12.2. The standard InChI is InChI=1S/C22H27ClN2O3/c1-15-7-9-18(10-8-15)25-21(26)14-28-22-19(23)11-16(12-20(22)27-2)13-24-17-5-3-4-6-17/h7-12,17,24H,3-6,13-14H2,1-2H3,(H,25,26). The summed E-state index contributed by atoms with van der Waals surface area (Å²) in [5.41, 5.74) is 2.89. The molecule has 150 valence electrons. The van der Waals surface area contributed by atoms with Crippen molar-refractivity contribution in [2.24, 2.45) is 0 Å². The summed E-state index contributed by atoms with van der Waals surface area (Å²) in [6.45, 7) is 2.58. The van der Waals surface area contributed by atoms with E-state index in [9.17, 15) is 4.79 Å². The maximum Gasteiger partial charge on any atom is 0.262 e. The SMILES string of the molecule is COc1cc(CNC2CCCC2)cc(Cl)c1OCC(=O)Nc1ccc(C)cc1. The Labute approximate surface area is 171 Å². The number of rotatable bonds is 8. The van der Waals surface area contributed by atoms with Gasteiger partial charge >= 0.3 is 0 Å². The van der Waals surface area contributed by atoms with E-state index in [-0.39, 0.29) is 12.5 Å². The average Bonchev–Trinajstić information content (AvgIpc) is 3.20. The Hall–Kier alpha value is -2.24. The van der Waals surface area contributed by atoms with Crippen LogP contribution >= 0.6 is 11.6 Å². The molecule has 0 unspecified atom stereocenters. The Kier molecular flexibility index (Phi) is 7.18. The van der Waals surface area contributed by atoms with Gasteiger partial charge in [-0.1, -0.05) is 42.1 Å². The van der Waals surface area contributed by atoms with Gasteiger partial charge in [0.25, 0.3) is 5.91 Å². The molecule has 0 bridgehead atoms. The van der Waals surface area contributed by atoms with Crippen molar-refractivity contribution < 1.29 is 14.3 Å². The predicted molar refractivity (Wildman–Crippen MR) is 112 cm³/mol. The molecule has 6 heteroatoms. The molecule has 0 saturated heterocycles. The van der Waals surface area contributed by atoms with Gasteiger partial charge in [0.2, 0.25) is 0 Å². The number of carbonyl (C=O) groups is 1. The molecule has 2 aromatic rings. The lowest BCUT2D eigenvalue weighted by Gasteiger charge is -2.16. The van der Waals surface area contributed by atoms with Crippen LogP contribution < -0.4 is 20.1 Å². The Morgan fingerprint density at radius 1 is 1.18 bits per heavy atom. The highest BCUT2D eigenvalue weighted by Crippen LogP contribution is 2.36. The second-order valence-corrected chi connectivity index (χ2v) is 7.58. The van der Waals surface area contributed by atoms with Crippen LogP contribution in [0, 0.1) is 6.92 Å². The summed E-state index contributed by atoms with van der Waals surface area (Å²) in [5, 5.41) is 6.80. The molecule has 3 rings (SSSR count). The number of nitrogens with one attached hydrogen (secondary N) is 2. The molecule has 0 radical (unpaired) electrons. The van der Waals surface area contributed by atoms with Crippen molar-refractivity contribution in [3.8, 4) is 11.5 Å². The molecule has 1 saturated carbocycles. The summed E-state index contributed by atoms with van der Waals surface area (Å²) in [6, 6.07) is 11.9. The second kappa shape index (κ2) is 9.80. The second-order valence-electron chi connectivity index (χ2n) is 7.17. The lowest BCUT2D eigenvalue weighted by atomic mass is 10.1. The molecule has 2 aromatic carbocycles. The minimum Gasteiger partial charge on any atom is -0.493 e. The quantitative estimate of drug-likeness (QED) is 0.671. The maximum absolute atomic E-state index is 12.2. The molecule has 5 nitrogen and oxygen atoms in total. The zero-order chi connectivity index (χ0) is 19.9. The molecule has 1 aliphatic carbocycles. The van der Waals surface area contributed by atoms with Crippen molar-refractivity contribution in [3.63, 3.8) is 0 Å². The molecule has 0 spiro atoms. The van der Waals surface area contributed by atoms with E-state index in [4.69, 9.17) is 21.1 Å². The zero-order valence-electron chi connectivity index (χ0n) is 16.4. The normalized spacial score (nSPS) is 14.1. The molecule has 0 atom stereocenters. The van der Waals surface area contributed by atoms with E-state index in [0.29, 0.717) is 22.6 Å². The molecule has 28 heavy (non-hydrogen) atoms. The van der Waals surface area contributed by atoms with Crippen LogP contribution in [0.2, 0.25) is 5.02 Å². The minimum absolute atomic E-state index is 0.149. The highest BCUT2D eigenvalue weighted by molar-refractivity contribution is 6.32. The van der Waals surface area contributed by atoms with Gasteiger partial charge in [0, 0.05) is 18.3 Å². The number of anilines is 1. The number of hydrogen-bond donors (Lipinski definition) is 2. The van der Waals surface area contributed by atoms with Crippen LogP contribution in [0.15, 0.2) is 36.4 Å². The smallest absolute Gasteiger partial charge is 0.262 e. The third kappa shape index (κ3) is 5.63. The van der Waals surface area contributed by atoms with Crippen LogP contribution in [0.5, 0.6) is 11.5 Å². The molecule has 1 aliphatic rings. The number of benzene rings is 2. The fourth-order valence-corrected chi connectivity index (χ4v) is 3.67. The number of hydrogen-bond acceptors (Lipinski definition) is 4. The van der Waals surface area contributed by atoms with Crippen LogP contribution in [0.25, 0.3) is 0 Å². The highest BCUT2D eigenvalue weighted by atomic mass is 35.5. The van der Waals surface area contributed by atoms with E-state index in [2.05, 4.69) is 10.6 Å². The Morgan fingerprint density at radius 3 is 2.57 bits per heavy atom. The van der Waals surface area contributed by atoms with Crippen molar-refractivity contribution in [1.29, 1.82) is 0 Å². The number of carbonyl (C=O) groups excluding carboxylic acids is 1. The number of methoxy groups -OCH3 is 1. The van der Waals surface area contributed by atoms with Gasteiger partial charge in [-0.25, -0.2) is 0 Å². The number of halogens is 1. The van der Waals surface area contributed by atoms with Gasteiger partial charge < -0.3 is 20.1 Å². The van der Waals surface area contributed by atoms with Crippen molar-refractivity contribution in [1.82, 2.24) is 5.32 Å². The van der Waals surface area contributed by atoms with Gasteiger partial charge in [-0.2, -0.15) is 0 Å². The highest BCUT2D eigenvalue weighted by Gasteiger charge is 2.17. The molecule has 1 fully saturated rings. The van der Waals surface area contributed by atoms with E-state index < -0.39 is 0 Å². The van der Waals surface area contributed by atoms with Gasteiger partial charge in [0.1, 0.15) is 0 Å². The van der Waals surface area contributed by atoms with E-state index in [0.717, 1.165) is 23.4 Å². The zero-order valence-corrected chi connectivity index (χ0v) is 17.1. The van der Waals surface area contributed by atoms with Gasteiger partial charge in [-0.3, -0.25) is 4.79 Å². The summed E-state index contributed by atoms with van der Waals surface area (Å²) in [7, 11) is 1.57. The molecule has 1 amide bonds.